The normalized spacial score (nSPS) is 17.9. The number of benzene rings is 1. The minimum absolute atomic E-state index is 0. The van der Waals surface area contributed by atoms with E-state index in [1.807, 2.05) is 56.1 Å². The molecule has 1 N–H and O–H groups in total. The highest BCUT2D eigenvalue weighted by Gasteiger charge is 2.24. The summed E-state index contributed by atoms with van der Waals surface area (Å²) in [6.07, 6.45) is 7.26. The third-order valence-corrected chi connectivity index (χ3v) is 4.36. The van der Waals surface area contributed by atoms with Crippen molar-refractivity contribution in [2.24, 2.45) is 0 Å². The molecular formula is C20H26ClN4O2+. The molecule has 144 valence electrons. The van der Waals surface area contributed by atoms with Crippen LogP contribution in [0.5, 0.6) is 0 Å². The van der Waals surface area contributed by atoms with Crippen LogP contribution in [0.2, 0.25) is 0 Å². The molecule has 0 amide bonds. The Balaban J connectivity index is 0.00000364. The Labute approximate surface area is 167 Å². The topological polar surface area (TPSA) is 67.3 Å². The minimum atomic E-state index is -0.594. The lowest BCUT2D eigenvalue weighted by atomic mass is 10.1. The van der Waals surface area contributed by atoms with Crippen molar-refractivity contribution in [3.05, 3.63) is 47.8 Å². The van der Waals surface area contributed by atoms with Crippen molar-refractivity contribution < 1.29 is 31.4 Å². The highest BCUT2D eigenvalue weighted by Crippen LogP contribution is 2.17. The van der Waals surface area contributed by atoms with Gasteiger partial charge in [-0.15, -0.1) is 0 Å². The quantitative estimate of drug-likeness (QED) is 0.242. The van der Waals surface area contributed by atoms with Gasteiger partial charge in [-0.2, -0.15) is 10.3 Å². The maximum absolute atomic E-state index is 12.2. The number of likely N-dealkylation sites (N-methyl/N-ethyl adjacent to an activating group) is 1. The standard InChI is InChI=1S/C20H25N4O2.ClH/c1-4-23(5-2)19-8-6-17(7-9-19)14-18(15-21)20(25)26-13-12-24(3)11-10-22-16-24;/h6-11,14,16H,4-5,12-13H2,1-3H3;1H/q+1;/b18-14+;. The Morgan fingerprint density at radius 3 is 2.48 bits per heavy atom. The Morgan fingerprint density at radius 1 is 1.30 bits per heavy atom. The van der Waals surface area contributed by atoms with Gasteiger partial charge in [0.25, 0.3) is 0 Å². The van der Waals surface area contributed by atoms with Crippen LogP contribution in [0.4, 0.5) is 5.69 Å². The summed E-state index contributed by atoms with van der Waals surface area (Å²) in [5.74, 6) is -0.594. The zero-order valence-electron chi connectivity index (χ0n) is 16.0. The van der Waals surface area contributed by atoms with Crippen molar-refractivity contribution in [2.45, 2.75) is 13.8 Å². The SMILES string of the molecule is CCN(CC)c1ccc(/C=C(\C#N)C(=O)OCC[N+]2(C)C=C[NH+]=C2)cc1.[Cl-]. The Hall–Kier alpha value is -2.62. The molecule has 0 aromatic heterocycles. The van der Waals surface area contributed by atoms with Crippen LogP contribution in [0, 0.1) is 11.3 Å². The number of quaternary nitrogens is 1. The zero-order valence-corrected chi connectivity index (χ0v) is 16.7. The smallest absolute Gasteiger partial charge is 0.349 e. The summed E-state index contributed by atoms with van der Waals surface area (Å²) in [7, 11) is 1.99. The van der Waals surface area contributed by atoms with Crippen LogP contribution in [-0.2, 0) is 9.53 Å². The van der Waals surface area contributed by atoms with Crippen molar-refractivity contribution in [2.75, 3.05) is 38.2 Å². The lowest BCUT2D eigenvalue weighted by molar-refractivity contribution is -0.767. The average molecular weight is 390 g/mol. The first-order valence-corrected chi connectivity index (χ1v) is 8.78. The molecule has 7 heteroatoms. The zero-order chi connectivity index (χ0) is 19.0. The van der Waals surface area contributed by atoms with Gasteiger partial charge in [-0.3, -0.25) is 0 Å². The summed E-state index contributed by atoms with van der Waals surface area (Å²) in [5, 5.41) is 9.28. The third-order valence-electron chi connectivity index (χ3n) is 4.36. The average Bonchev–Trinajstić information content (AvgIpc) is 3.08. The maximum atomic E-state index is 12.2. The second-order valence-electron chi connectivity index (χ2n) is 6.25. The van der Waals surface area contributed by atoms with Crippen LogP contribution in [0.1, 0.15) is 19.4 Å². The summed E-state index contributed by atoms with van der Waals surface area (Å²) in [5.41, 5.74) is 1.92. The molecule has 1 aromatic carbocycles. The van der Waals surface area contributed by atoms with Gasteiger partial charge in [-0.05, 0) is 37.6 Å². The number of rotatable bonds is 8. The number of nitriles is 1. The van der Waals surface area contributed by atoms with Crippen LogP contribution < -0.4 is 22.3 Å². The fraction of sp³-hybridized carbons (Fsp3) is 0.350. The van der Waals surface area contributed by atoms with E-state index < -0.39 is 5.97 Å². The van der Waals surface area contributed by atoms with Gasteiger partial charge in [0.2, 0.25) is 6.20 Å². The number of carbonyl (C=O) groups is 1. The maximum Gasteiger partial charge on any atom is 0.349 e. The van der Waals surface area contributed by atoms with Crippen molar-refractivity contribution >= 4 is 24.1 Å². The fourth-order valence-electron chi connectivity index (χ4n) is 2.70. The molecule has 2 rings (SSSR count). The van der Waals surface area contributed by atoms with Crippen LogP contribution in [0.15, 0.2) is 42.2 Å². The van der Waals surface area contributed by atoms with Gasteiger partial charge in [-0.1, -0.05) is 12.1 Å². The van der Waals surface area contributed by atoms with Gasteiger partial charge in [0, 0.05) is 18.8 Å². The van der Waals surface area contributed by atoms with Gasteiger partial charge >= 0.3 is 12.3 Å². The molecule has 1 aromatic rings. The van der Waals surface area contributed by atoms with Gasteiger partial charge in [-0.25, -0.2) is 9.28 Å². The molecule has 27 heavy (non-hydrogen) atoms. The first kappa shape index (κ1) is 22.4. The minimum Gasteiger partial charge on any atom is -1.00 e. The molecule has 0 saturated carbocycles. The molecule has 1 atom stereocenters. The highest BCUT2D eigenvalue weighted by atomic mass is 35.5. The van der Waals surface area contributed by atoms with E-state index in [1.165, 1.54) is 0 Å². The second-order valence-corrected chi connectivity index (χ2v) is 6.25. The summed E-state index contributed by atoms with van der Waals surface area (Å²) >= 11 is 0. The van der Waals surface area contributed by atoms with Crippen LogP contribution >= 0.6 is 0 Å². The summed E-state index contributed by atoms with van der Waals surface area (Å²) in [6.45, 7) is 6.91. The molecule has 1 unspecified atom stereocenters. The number of nitrogens with zero attached hydrogens (tertiary/aromatic N) is 3. The molecule has 0 bridgehead atoms. The van der Waals surface area contributed by atoms with Crippen molar-refractivity contribution in [1.82, 2.24) is 0 Å². The van der Waals surface area contributed by atoms with Gasteiger partial charge < -0.3 is 22.0 Å². The number of nitrogens with one attached hydrogen (secondary N) is 1. The second kappa shape index (κ2) is 10.5. The molecule has 0 spiro atoms. The van der Waals surface area contributed by atoms with Crippen molar-refractivity contribution in [1.29, 1.82) is 5.26 Å². The number of esters is 1. The van der Waals surface area contributed by atoms with E-state index in [4.69, 9.17) is 4.74 Å². The first-order valence-electron chi connectivity index (χ1n) is 8.78. The van der Waals surface area contributed by atoms with Crippen LogP contribution in [0.3, 0.4) is 0 Å². The number of hydrogen-bond acceptors (Lipinski definition) is 4. The van der Waals surface area contributed by atoms with Crippen LogP contribution in [0.25, 0.3) is 6.08 Å². The van der Waals surface area contributed by atoms with Crippen molar-refractivity contribution in [3.8, 4) is 6.07 Å². The number of hydrogen-bond donors (Lipinski definition) is 1. The van der Waals surface area contributed by atoms with E-state index >= 15 is 0 Å². The monoisotopic (exact) mass is 389 g/mol. The van der Waals surface area contributed by atoms with E-state index in [0.29, 0.717) is 11.0 Å². The van der Waals surface area contributed by atoms with Crippen molar-refractivity contribution in [3.63, 3.8) is 0 Å². The number of carbonyl (C=O) groups excluding carboxylic acids is 1. The Morgan fingerprint density at radius 2 is 1.96 bits per heavy atom. The van der Waals surface area contributed by atoms with E-state index in [-0.39, 0.29) is 24.6 Å². The van der Waals surface area contributed by atoms with Gasteiger partial charge in [0.1, 0.15) is 24.8 Å². The molecule has 0 fully saturated rings. The lowest BCUT2D eigenvalue weighted by Gasteiger charge is -2.20. The first-order chi connectivity index (χ1) is 12.5. The van der Waals surface area contributed by atoms with E-state index in [2.05, 4.69) is 23.7 Å². The molecule has 0 aliphatic carbocycles. The van der Waals surface area contributed by atoms with Crippen LogP contribution in [-0.4, -0.2) is 50.1 Å². The van der Waals surface area contributed by atoms with E-state index in [1.54, 1.807) is 6.08 Å². The van der Waals surface area contributed by atoms with E-state index in [0.717, 1.165) is 24.3 Å². The molecular weight excluding hydrogens is 364 g/mol. The summed E-state index contributed by atoms with van der Waals surface area (Å²) < 4.78 is 5.79. The summed E-state index contributed by atoms with van der Waals surface area (Å²) in [6, 6.07) is 9.73. The molecule has 1 heterocycles. The Kier molecular flexibility index (Phi) is 8.73. The Bertz CT molecular complexity index is 747. The summed E-state index contributed by atoms with van der Waals surface area (Å²) in [4.78, 5) is 17.4. The predicted octanol–water partition coefficient (Wildman–Crippen LogP) is -1.97. The lowest BCUT2D eigenvalue weighted by Crippen LogP contribution is -3.00. The largest absolute Gasteiger partial charge is 1.00 e. The fourth-order valence-corrected chi connectivity index (χ4v) is 2.70. The number of ether oxygens (including phenoxy) is 1. The number of anilines is 1. The predicted molar refractivity (Wildman–Crippen MR) is 102 cm³/mol. The third kappa shape index (κ3) is 6.24. The molecule has 1 aliphatic heterocycles. The molecule has 1 aliphatic rings. The highest BCUT2D eigenvalue weighted by molar-refractivity contribution is 5.97. The molecule has 0 saturated heterocycles. The van der Waals surface area contributed by atoms with Gasteiger partial charge in [0.05, 0.1) is 7.05 Å². The number of halogens is 1. The van der Waals surface area contributed by atoms with E-state index in [9.17, 15) is 10.1 Å². The van der Waals surface area contributed by atoms with Gasteiger partial charge in [0.15, 0.2) is 6.20 Å². The molecule has 6 nitrogen and oxygen atoms in total. The molecule has 0 radical (unpaired) electrons.